The van der Waals surface area contributed by atoms with Gasteiger partial charge < -0.3 is 9.80 Å². The van der Waals surface area contributed by atoms with Crippen molar-refractivity contribution in [1.82, 2.24) is 9.88 Å². The minimum atomic E-state index is 0.146. The smallest absolute Gasteiger partial charge is 0.255 e. The standard InChI is InChI=1S/C20H20N4OS/c1-26-18-5-3-2-4-17(18)20(25)24-12-15-10-23(11-16(15)13-24)19-7-6-14(8-21)9-22-19/h2-7,9,15-16H,10-13H2,1H3. The van der Waals surface area contributed by atoms with Gasteiger partial charge in [-0.05, 0) is 30.5 Å². The first-order chi connectivity index (χ1) is 12.7. The van der Waals surface area contributed by atoms with Crippen molar-refractivity contribution >= 4 is 23.5 Å². The van der Waals surface area contributed by atoms with E-state index in [0.717, 1.165) is 42.5 Å². The van der Waals surface area contributed by atoms with Crippen LogP contribution in [-0.2, 0) is 0 Å². The monoisotopic (exact) mass is 364 g/mol. The fourth-order valence-corrected chi connectivity index (χ4v) is 4.57. The predicted molar refractivity (Wildman–Crippen MR) is 102 cm³/mol. The SMILES string of the molecule is CSc1ccccc1C(=O)N1CC2CN(c3ccc(C#N)cn3)CC2C1. The van der Waals surface area contributed by atoms with Crippen LogP contribution in [0.25, 0.3) is 0 Å². The number of rotatable bonds is 3. The highest BCUT2D eigenvalue weighted by Gasteiger charge is 2.42. The summed E-state index contributed by atoms with van der Waals surface area (Å²) in [6.07, 6.45) is 3.63. The van der Waals surface area contributed by atoms with Gasteiger partial charge in [-0.2, -0.15) is 5.26 Å². The van der Waals surface area contributed by atoms with Gasteiger partial charge >= 0.3 is 0 Å². The number of hydrogen-bond donors (Lipinski definition) is 0. The summed E-state index contributed by atoms with van der Waals surface area (Å²) in [7, 11) is 0. The Morgan fingerprint density at radius 1 is 1.15 bits per heavy atom. The molecule has 2 aromatic rings. The number of carbonyl (C=O) groups is 1. The number of hydrogen-bond acceptors (Lipinski definition) is 5. The lowest BCUT2D eigenvalue weighted by atomic mass is 10.0. The van der Waals surface area contributed by atoms with Crippen molar-refractivity contribution in [2.45, 2.75) is 4.90 Å². The molecule has 2 unspecified atom stereocenters. The fourth-order valence-electron chi connectivity index (χ4n) is 3.98. The van der Waals surface area contributed by atoms with E-state index in [4.69, 9.17) is 5.26 Å². The average Bonchev–Trinajstić information content (AvgIpc) is 3.26. The van der Waals surface area contributed by atoms with Crippen LogP contribution in [0.5, 0.6) is 0 Å². The normalized spacial score (nSPS) is 21.5. The molecule has 4 rings (SSSR count). The van der Waals surface area contributed by atoms with Crippen LogP contribution in [0.3, 0.4) is 0 Å². The molecule has 2 aliphatic heterocycles. The minimum absolute atomic E-state index is 0.146. The van der Waals surface area contributed by atoms with E-state index in [1.807, 2.05) is 47.6 Å². The van der Waals surface area contributed by atoms with Crippen molar-refractivity contribution in [2.24, 2.45) is 11.8 Å². The number of thioether (sulfide) groups is 1. The Labute approximate surface area is 157 Å². The second-order valence-corrected chi connectivity index (χ2v) is 7.70. The number of pyridine rings is 1. The Hall–Kier alpha value is -2.52. The van der Waals surface area contributed by atoms with E-state index >= 15 is 0 Å². The lowest BCUT2D eigenvalue weighted by Crippen LogP contribution is -2.33. The topological polar surface area (TPSA) is 60.2 Å². The minimum Gasteiger partial charge on any atom is -0.356 e. The van der Waals surface area contributed by atoms with Crippen molar-refractivity contribution < 1.29 is 4.79 Å². The van der Waals surface area contributed by atoms with Gasteiger partial charge in [-0.15, -0.1) is 11.8 Å². The second kappa shape index (κ2) is 7.00. The van der Waals surface area contributed by atoms with Crippen molar-refractivity contribution in [3.63, 3.8) is 0 Å². The third-order valence-corrected chi connectivity index (χ3v) is 6.11. The number of aromatic nitrogens is 1. The van der Waals surface area contributed by atoms with Crippen LogP contribution in [0, 0.1) is 23.2 Å². The molecule has 132 valence electrons. The molecule has 0 aliphatic carbocycles. The molecule has 0 radical (unpaired) electrons. The molecule has 5 nitrogen and oxygen atoms in total. The Kier molecular flexibility index (Phi) is 4.56. The first-order valence-electron chi connectivity index (χ1n) is 8.73. The van der Waals surface area contributed by atoms with E-state index in [9.17, 15) is 4.79 Å². The van der Waals surface area contributed by atoms with Gasteiger partial charge in [0.2, 0.25) is 0 Å². The van der Waals surface area contributed by atoms with Crippen LogP contribution in [0.1, 0.15) is 15.9 Å². The van der Waals surface area contributed by atoms with Gasteiger partial charge in [0.1, 0.15) is 11.9 Å². The highest BCUT2D eigenvalue weighted by Crippen LogP contribution is 2.34. The Morgan fingerprint density at radius 2 is 1.88 bits per heavy atom. The maximum absolute atomic E-state index is 12.9. The van der Waals surface area contributed by atoms with Gasteiger partial charge in [-0.3, -0.25) is 4.79 Å². The van der Waals surface area contributed by atoms with Crippen LogP contribution in [0.15, 0.2) is 47.5 Å². The predicted octanol–water partition coefficient (Wildman–Crippen LogP) is 2.88. The van der Waals surface area contributed by atoms with Gasteiger partial charge in [-0.25, -0.2) is 4.98 Å². The molecule has 2 aliphatic rings. The molecule has 3 heterocycles. The summed E-state index contributed by atoms with van der Waals surface area (Å²) < 4.78 is 0. The number of amides is 1. The summed E-state index contributed by atoms with van der Waals surface area (Å²) >= 11 is 1.62. The summed E-state index contributed by atoms with van der Waals surface area (Å²) in [5.74, 6) is 2.03. The molecule has 26 heavy (non-hydrogen) atoms. The average molecular weight is 364 g/mol. The Morgan fingerprint density at radius 3 is 2.50 bits per heavy atom. The summed E-state index contributed by atoms with van der Waals surface area (Å²) in [5.41, 5.74) is 1.39. The van der Waals surface area contributed by atoms with Gasteiger partial charge in [0.25, 0.3) is 5.91 Å². The number of benzene rings is 1. The first-order valence-corrected chi connectivity index (χ1v) is 9.95. The number of anilines is 1. The van der Waals surface area contributed by atoms with Crippen molar-refractivity contribution in [1.29, 1.82) is 5.26 Å². The molecule has 1 aromatic heterocycles. The van der Waals surface area contributed by atoms with Crippen LogP contribution in [0.4, 0.5) is 5.82 Å². The van der Waals surface area contributed by atoms with Crippen molar-refractivity contribution in [3.8, 4) is 6.07 Å². The molecule has 2 atom stereocenters. The number of nitrogens with zero attached hydrogens (tertiary/aromatic N) is 4. The molecule has 0 saturated carbocycles. The summed E-state index contributed by atoms with van der Waals surface area (Å²) in [6, 6.07) is 13.7. The molecular formula is C20H20N4OS. The fraction of sp³-hybridized carbons (Fsp3) is 0.350. The van der Waals surface area contributed by atoms with Crippen LogP contribution >= 0.6 is 11.8 Å². The van der Waals surface area contributed by atoms with E-state index in [1.54, 1.807) is 18.0 Å². The maximum Gasteiger partial charge on any atom is 0.255 e. The number of likely N-dealkylation sites (tertiary alicyclic amines) is 1. The molecule has 0 spiro atoms. The Bertz CT molecular complexity index is 847. The molecule has 2 saturated heterocycles. The van der Waals surface area contributed by atoms with Gasteiger partial charge in [-0.1, -0.05) is 12.1 Å². The zero-order valence-electron chi connectivity index (χ0n) is 14.6. The first kappa shape index (κ1) is 16.9. The third kappa shape index (κ3) is 3.04. The van der Waals surface area contributed by atoms with Crippen LogP contribution in [-0.4, -0.2) is 48.2 Å². The zero-order chi connectivity index (χ0) is 18.1. The number of carbonyl (C=O) groups excluding carboxylic acids is 1. The lowest BCUT2D eigenvalue weighted by Gasteiger charge is -2.23. The van der Waals surface area contributed by atoms with E-state index in [-0.39, 0.29) is 5.91 Å². The third-order valence-electron chi connectivity index (χ3n) is 5.31. The van der Waals surface area contributed by atoms with E-state index in [2.05, 4.69) is 16.0 Å². The van der Waals surface area contributed by atoms with Crippen LogP contribution < -0.4 is 4.90 Å². The molecule has 1 amide bonds. The van der Waals surface area contributed by atoms with Gasteiger partial charge in [0.15, 0.2) is 0 Å². The quantitative estimate of drug-likeness (QED) is 0.784. The van der Waals surface area contributed by atoms with E-state index in [0.29, 0.717) is 17.4 Å². The highest BCUT2D eigenvalue weighted by molar-refractivity contribution is 7.98. The molecule has 1 aromatic carbocycles. The van der Waals surface area contributed by atoms with E-state index < -0.39 is 0 Å². The zero-order valence-corrected chi connectivity index (χ0v) is 15.4. The molecule has 2 fully saturated rings. The summed E-state index contributed by atoms with van der Waals surface area (Å²) in [4.78, 5) is 22.7. The number of fused-ring (bicyclic) bond motifs is 1. The van der Waals surface area contributed by atoms with Crippen molar-refractivity contribution in [3.05, 3.63) is 53.7 Å². The van der Waals surface area contributed by atoms with Gasteiger partial charge in [0, 0.05) is 49.1 Å². The van der Waals surface area contributed by atoms with Gasteiger partial charge in [0.05, 0.1) is 11.1 Å². The molecule has 0 N–H and O–H groups in total. The summed E-state index contributed by atoms with van der Waals surface area (Å²) in [5, 5.41) is 8.90. The Balaban J connectivity index is 1.43. The second-order valence-electron chi connectivity index (χ2n) is 6.85. The molecular weight excluding hydrogens is 344 g/mol. The maximum atomic E-state index is 12.9. The summed E-state index contributed by atoms with van der Waals surface area (Å²) in [6.45, 7) is 3.44. The van der Waals surface area contributed by atoms with E-state index in [1.165, 1.54) is 0 Å². The van der Waals surface area contributed by atoms with Crippen LogP contribution in [0.2, 0.25) is 0 Å². The lowest BCUT2D eigenvalue weighted by molar-refractivity contribution is 0.0779. The molecule has 0 bridgehead atoms. The largest absolute Gasteiger partial charge is 0.356 e. The van der Waals surface area contributed by atoms with Crippen molar-refractivity contribution in [2.75, 3.05) is 37.3 Å². The number of nitriles is 1. The highest BCUT2D eigenvalue weighted by atomic mass is 32.2. The molecule has 6 heteroatoms.